The first-order valence-electron chi connectivity index (χ1n) is 8.09. The molecule has 2 aromatic carbocycles. The number of hydrogen-bond donors (Lipinski definition) is 0. The van der Waals surface area contributed by atoms with Gasteiger partial charge in [-0.2, -0.15) is 5.10 Å². The Morgan fingerprint density at radius 1 is 1.08 bits per heavy atom. The predicted molar refractivity (Wildman–Crippen MR) is 110 cm³/mol. The Bertz CT molecular complexity index is 1320. The first kappa shape index (κ1) is 15.7. The summed E-state index contributed by atoms with van der Waals surface area (Å²) < 4.78 is 3.81. The van der Waals surface area contributed by atoms with Crippen molar-refractivity contribution in [3.63, 3.8) is 0 Å². The summed E-state index contributed by atoms with van der Waals surface area (Å²) in [5.74, 6) is 0. The van der Waals surface area contributed by atoms with Gasteiger partial charge < -0.3 is 0 Å². The molecule has 0 atom stereocenters. The van der Waals surface area contributed by atoms with Crippen LogP contribution in [-0.2, 0) is 0 Å². The lowest BCUT2D eigenvalue weighted by Gasteiger charge is -2.09. The highest BCUT2D eigenvalue weighted by Gasteiger charge is 2.21. The number of benzene rings is 3. The van der Waals surface area contributed by atoms with Crippen molar-refractivity contribution >= 4 is 48.4 Å². The Hall–Kier alpha value is -2.57. The van der Waals surface area contributed by atoms with Gasteiger partial charge in [-0.1, -0.05) is 28.1 Å². The van der Waals surface area contributed by atoms with Gasteiger partial charge in [0.1, 0.15) is 11.2 Å². The van der Waals surface area contributed by atoms with E-state index in [0.29, 0.717) is 10.9 Å². The molecule has 3 aromatic rings. The second kappa shape index (κ2) is 5.72. The highest BCUT2D eigenvalue weighted by Crippen LogP contribution is 2.36. The number of nitrogens with zero attached hydrogens (tertiary/aromatic N) is 3. The molecule has 126 valence electrons. The summed E-state index contributed by atoms with van der Waals surface area (Å²) in [6.07, 6.45) is 1.80. The Morgan fingerprint density at radius 2 is 1.85 bits per heavy atom. The molecule has 1 aliphatic carbocycles. The molecule has 1 aliphatic heterocycles. The number of hydrogen-bond acceptors (Lipinski definition) is 4. The molecule has 2 aliphatic rings. The fraction of sp³-hybridized carbons (Fsp3) is 0.0500. The zero-order valence-corrected chi connectivity index (χ0v) is 16.1. The molecular weight excluding hydrogens is 410 g/mol. The summed E-state index contributed by atoms with van der Waals surface area (Å²) in [7, 11) is 0. The van der Waals surface area contributed by atoms with E-state index < -0.39 is 0 Å². The van der Waals surface area contributed by atoms with E-state index in [4.69, 9.17) is 10.1 Å². The minimum atomic E-state index is 0.0178. The van der Waals surface area contributed by atoms with Gasteiger partial charge in [-0.3, -0.25) is 4.79 Å². The van der Waals surface area contributed by atoms with Crippen LogP contribution in [0.1, 0.15) is 5.56 Å². The summed E-state index contributed by atoms with van der Waals surface area (Å²) >= 11 is 5.04. The Kier molecular flexibility index (Phi) is 3.45. The average molecular weight is 422 g/mol. The van der Waals surface area contributed by atoms with Crippen molar-refractivity contribution in [3.8, 4) is 16.3 Å². The lowest BCUT2D eigenvalue weighted by molar-refractivity contribution is 0.896. The van der Waals surface area contributed by atoms with E-state index in [1.54, 1.807) is 22.2 Å². The van der Waals surface area contributed by atoms with E-state index in [1.807, 2.05) is 55.5 Å². The zero-order chi connectivity index (χ0) is 17.8. The van der Waals surface area contributed by atoms with Gasteiger partial charge in [0.25, 0.3) is 0 Å². The maximum Gasteiger partial charge on any atom is 0.194 e. The molecule has 0 amide bonds. The summed E-state index contributed by atoms with van der Waals surface area (Å²) in [5.41, 5.74) is 4.01. The van der Waals surface area contributed by atoms with Gasteiger partial charge in [0.2, 0.25) is 0 Å². The van der Waals surface area contributed by atoms with E-state index in [9.17, 15) is 4.79 Å². The van der Waals surface area contributed by atoms with E-state index in [0.717, 1.165) is 36.5 Å². The predicted octanol–water partition coefficient (Wildman–Crippen LogP) is 5.17. The van der Waals surface area contributed by atoms with Gasteiger partial charge in [-0.05, 0) is 43.3 Å². The van der Waals surface area contributed by atoms with Crippen LogP contribution >= 0.6 is 27.3 Å². The zero-order valence-electron chi connectivity index (χ0n) is 13.7. The van der Waals surface area contributed by atoms with Gasteiger partial charge in [0.15, 0.2) is 5.43 Å². The third-order valence-corrected chi connectivity index (χ3v) is 6.28. The minimum absolute atomic E-state index is 0.0178. The van der Waals surface area contributed by atoms with Crippen molar-refractivity contribution in [2.24, 2.45) is 0 Å². The Balaban J connectivity index is 1.88. The molecule has 6 heteroatoms. The lowest BCUT2D eigenvalue weighted by atomic mass is 10.1. The average Bonchev–Trinajstić information content (AvgIpc) is 3.11. The SMILES string of the molecule is Cc1c2sc3ccccc3nc-2c2nn(-c3ccc(Br)cc3)cc2c1=O. The Morgan fingerprint density at radius 3 is 2.65 bits per heavy atom. The molecule has 0 saturated carbocycles. The van der Waals surface area contributed by atoms with Gasteiger partial charge in [0, 0.05) is 16.2 Å². The minimum Gasteiger partial charge on any atom is -0.289 e. The van der Waals surface area contributed by atoms with Crippen LogP contribution in [0.25, 0.3) is 37.4 Å². The van der Waals surface area contributed by atoms with Crippen LogP contribution in [0, 0.1) is 6.92 Å². The van der Waals surface area contributed by atoms with Crippen LogP contribution in [0.2, 0.25) is 0 Å². The van der Waals surface area contributed by atoms with Crippen LogP contribution in [0.4, 0.5) is 0 Å². The van der Waals surface area contributed by atoms with Crippen molar-refractivity contribution < 1.29 is 0 Å². The quantitative estimate of drug-likeness (QED) is 0.350. The van der Waals surface area contributed by atoms with Crippen LogP contribution in [0.15, 0.2) is 64.0 Å². The van der Waals surface area contributed by atoms with Crippen molar-refractivity contribution in [2.45, 2.75) is 6.92 Å². The van der Waals surface area contributed by atoms with Crippen LogP contribution < -0.4 is 5.43 Å². The molecule has 2 heterocycles. The topological polar surface area (TPSA) is 47.8 Å². The second-order valence-corrected chi connectivity index (χ2v) is 8.09. The molecule has 0 bridgehead atoms. The van der Waals surface area contributed by atoms with Crippen molar-refractivity contribution in [2.75, 3.05) is 0 Å². The van der Waals surface area contributed by atoms with Gasteiger partial charge in [0.05, 0.1) is 26.2 Å². The smallest absolute Gasteiger partial charge is 0.194 e. The first-order valence-corrected chi connectivity index (χ1v) is 9.70. The molecule has 0 radical (unpaired) electrons. The van der Waals surface area contributed by atoms with Crippen molar-refractivity contribution in [1.82, 2.24) is 14.8 Å². The summed E-state index contributed by atoms with van der Waals surface area (Å²) in [6.45, 7) is 1.87. The third-order valence-electron chi connectivity index (χ3n) is 4.48. The van der Waals surface area contributed by atoms with Crippen molar-refractivity contribution in [1.29, 1.82) is 0 Å². The van der Waals surface area contributed by atoms with Gasteiger partial charge in [-0.15, -0.1) is 11.3 Å². The lowest BCUT2D eigenvalue weighted by Crippen LogP contribution is -2.08. The second-order valence-electron chi connectivity index (χ2n) is 6.13. The van der Waals surface area contributed by atoms with Crippen molar-refractivity contribution in [3.05, 3.63) is 75.0 Å². The number of fused-ring (bicyclic) bond motifs is 4. The highest BCUT2D eigenvalue weighted by molar-refractivity contribution is 9.10. The Labute approximate surface area is 161 Å². The van der Waals surface area contributed by atoms with Crippen LogP contribution in [0.3, 0.4) is 0 Å². The standard InChI is InChI=1S/C20H12BrN3OS/c1-11-19(25)14-10-24(13-8-6-12(21)7-9-13)23-17(14)18-20(11)26-16-5-3-2-4-15(16)22-18/h2-10H,1H3. The molecule has 0 saturated heterocycles. The highest BCUT2D eigenvalue weighted by atomic mass is 79.9. The molecule has 5 rings (SSSR count). The third kappa shape index (κ3) is 2.29. The van der Waals surface area contributed by atoms with Gasteiger partial charge >= 0.3 is 0 Å². The largest absolute Gasteiger partial charge is 0.289 e. The summed E-state index contributed by atoms with van der Waals surface area (Å²) in [5, 5.41) is 5.30. The maximum atomic E-state index is 12.9. The molecule has 4 nitrogen and oxygen atoms in total. The molecule has 0 fully saturated rings. The number of aromatic nitrogens is 3. The van der Waals surface area contributed by atoms with Crippen LogP contribution in [0.5, 0.6) is 0 Å². The molecule has 0 N–H and O–H groups in total. The number of rotatable bonds is 1. The monoisotopic (exact) mass is 421 g/mol. The van der Waals surface area contributed by atoms with Gasteiger partial charge in [-0.25, -0.2) is 9.67 Å². The number of para-hydroxylation sites is 1. The molecule has 0 unspecified atom stereocenters. The molecule has 26 heavy (non-hydrogen) atoms. The molecule has 1 aromatic heterocycles. The van der Waals surface area contributed by atoms with E-state index in [1.165, 1.54) is 0 Å². The maximum absolute atomic E-state index is 12.9. The van der Waals surface area contributed by atoms with E-state index in [2.05, 4.69) is 15.9 Å². The first-order chi connectivity index (χ1) is 12.6. The summed E-state index contributed by atoms with van der Waals surface area (Å²) in [6, 6.07) is 15.8. The fourth-order valence-corrected chi connectivity index (χ4v) is 4.46. The fourth-order valence-electron chi connectivity index (χ4n) is 3.13. The molecular formula is C20H12BrN3OS. The number of halogens is 1. The normalized spacial score (nSPS) is 11.6. The van der Waals surface area contributed by atoms with E-state index in [-0.39, 0.29) is 5.43 Å². The molecule has 0 spiro atoms. The summed E-state index contributed by atoms with van der Waals surface area (Å²) in [4.78, 5) is 18.6. The van der Waals surface area contributed by atoms with E-state index >= 15 is 0 Å². The van der Waals surface area contributed by atoms with Crippen LogP contribution in [-0.4, -0.2) is 14.8 Å².